The number of hydrogen-bond donors (Lipinski definition) is 0. The fourth-order valence-electron chi connectivity index (χ4n) is 0.479. The molecule has 0 radical (unpaired) electrons. The van der Waals surface area contributed by atoms with Gasteiger partial charge in [-0.1, -0.05) is 12.2 Å². The average Bonchev–Trinajstić information content (AvgIpc) is 2.12. The Morgan fingerprint density at radius 2 is 2.50 bits per heavy atom. The molecule has 0 saturated carbocycles. The lowest BCUT2D eigenvalue weighted by atomic mass is 10.4. The molecule has 0 saturated heterocycles. The molecule has 2 heteroatoms. The molecule has 42 valence electrons. The van der Waals surface area contributed by atoms with E-state index in [1.807, 2.05) is 19.1 Å². The first-order valence-electron chi connectivity index (χ1n) is 2.35. The summed E-state index contributed by atoms with van der Waals surface area (Å²) in [7, 11) is 0. The zero-order valence-electron chi connectivity index (χ0n) is 4.55. The van der Waals surface area contributed by atoms with E-state index in [-0.39, 0.29) is 0 Å². The molecular weight excluding hydrogens is 120 g/mol. The Labute approximate surface area is 53.3 Å². The molecule has 0 aliphatic heterocycles. The molecule has 0 atom stereocenters. The molecular formula is C6H6OS. The van der Waals surface area contributed by atoms with Crippen molar-refractivity contribution in [2.75, 3.05) is 0 Å². The van der Waals surface area contributed by atoms with Crippen LogP contribution in [0.4, 0.5) is 0 Å². The van der Waals surface area contributed by atoms with Crippen LogP contribution in [-0.2, 0) is 0 Å². The maximum atomic E-state index is 4.95. The molecule has 0 spiro atoms. The van der Waals surface area contributed by atoms with Crippen molar-refractivity contribution in [1.82, 2.24) is 0 Å². The standard InChI is InChI=1S/C6H6OS/c1-5(8)6-3-2-4-7-6/h2-4H,1H3. The van der Waals surface area contributed by atoms with Crippen molar-refractivity contribution in [2.24, 2.45) is 0 Å². The van der Waals surface area contributed by atoms with Gasteiger partial charge in [0.05, 0.1) is 11.1 Å². The van der Waals surface area contributed by atoms with Gasteiger partial charge < -0.3 is 4.42 Å². The molecule has 0 bridgehead atoms. The zero-order valence-corrected chi connectivity index (χ0v) is 5.37. The summed E-state index contributed by atoms with van der Waals surface area (Å²) < 4.78 is 4.95. The number of rotatable bonds is 1. The third kappa shape index (κ3) is 0.954. The molecule has 0 aliphatic rings. The van der Waals surface area contributed by atoms with Crippen LogP contribution in [0.5, 0.6) is 0 Å². The highest BCUT2D eigenvalue weighted by molar-refractivity contribution is 7.80. The van der Waals surface area contributed by atoms with Gasteiger partial charge in [-0.15, -0.1) is 0 Å². The molecule has 0 fully saturated rings. The van der Waals surface area contributed by atoms with Crippen LogP contribution >= 0.6 is 12.2 Å². The Balaban J connectivity index is 2.93. The summed E-state index contributed by atoms with van der Waals surface area (Å²) in [4.78, 5) is 0.801. The van der Waals surface area contributed by atoms with Crippen LogP contribution < -0.4 is 0 Å². The first kappa shape index (κ1) is 5.51. The molecule has 1 aromatic heterocycles. The number of hydrogen-bond acceptors (Lipinski definition) is 2. The van der Waals surface area contributed by atoms with Crippen LogP contribution in [0, 0.1) is 0 Å². The molecule has 8 heavy (non-hydrogen) atoms. The van der Waals surface area contributed by atoms with Gasteiger partial charge in [0, 0.05) is 0 Å². The van der Waals surface area contributed by atoms with Crippen LogP contribution in [0.3, 0.4) is 0 Å². The minimum atomic E-state index is 0.792. The minimum Gasteiger partial charge on any atom is -0.464 e. The summed E-state index contributed by atoms with van der Waals surface area (Å²) in [5, 5.41) is 0. The van der Waals surface area contributed by atoms with E-state index in [2.05, 4.69) is 0 Å². The topological polar surface area (TPSA) is 13.1 Å². The molecule has 0 unspecified atom stereocenters. The van der Waals surface area contributed by atoms with Gasteiger partial charge in [-0.25, -0.2) is 0 Å². The Bertz CT molecular complexity index is 176. The van der Waals surface area contributed by atoms with Crippen LogP contribution in [0.15, 0.2) is 22.8 Å². The maximum absolute atomic E-state index is 4.95. The highest BCUT2D eigenvalue weighted by atomic mass is 32.1. The lowest BCUT2D eigenvalue weighted by Gasteiger charge is -1.83. The first-order valence-corrected chi connectivity index (χ1v) is 2.76. The van der Waals surface area contributed by atoms with Gasteiger partial charge in [0.15, 0.2) is 0 Å². The second kappa shape index (κ2) is 2.09. The van der Waals surface area contributed by atoms with Gasteiger partial charge in [-0.2, -0.15) is 0 Å². The average molecular weight is 126 g/mol. The summed E-state index contributed by atoms with van der Waals surface area (Å²) in [5.41, 5.74) is 0. The van der Waals surface area contributed by atoms with Gasteiger partial charge in [0.2, 0.25) is 0 Å². The number of furan rings is 1. The second-order valence-corrected chi connectivity index (χ2v) is 2.15. The summed E-state index contributed by atoms with van der Waals surface area (Å²) in [6.07, 6.45) is 1.62. The van der Waals surface area contributed by atoms with E-state index in [1.165, 1.54) is 0 Å². The third-order valence-corrected chi connectivity index (χ3v) is 1.07. The molecule has 0 aromatic carbocycles. The van der Waals surface area contributed by atoms with Crippen molar-refractivity contribution in [3.63, 3.8) is 0 Å². The van der Waals surface area contributed by atoms with E-state index >= 15 is 0 Å². The Morgan fingerprint density at radius 1 is 1.75 bits per heavy atom. The first-order chi connectivity index (χ1) is 3.80. The van der Waals surface area contributed by atoms with E-state index < -0.39 is 0 Å². The highest BCUT2D eigenvalue weighted by Crippen LogP contribution is 2.00. The summed E-state index contributed by atoms with van der Waals surface area (Å²) >= 11 is 4.82. The SMILES string of the molecule is CC(=S)c1ccco1. The normalized spacial score (nSPS) is 9.12. The van der Waals surface area contributed by atoms with Crippen molar-refractivity contribution in [3.8, 4) is 0 Å². The summed E-state index contributed by atoms with van der Waals surface area (Å²) in [6, 6.07) is 3.67. The Kier molecular flexibility index (Phi) is 1.44. The van der Waals surface area contributed by atoms with Crippen LogP contribution in [-0.4, -0.2) is 4.86 Å². The lowest BCUT2D eigenvalue weighted by Crippen LogP contribution is -1.82. The monoisotopic (exact) mass is 126 g/mol. The third-order valence-electron chi connectivity index (χ3n) is 0.868. The molecule has 1 rings (SSSR count). The maximum Gasteiger partial charge on any atom is 0.140 e. The fourth-order valence-corrected chi connectivity index (χ4v) is 0.595. The smallest absolute Gasteiger partial charge is 0.140 e. The van der Waals surface area contributed by atoms with Crippen molar-refractivity contribution in [3.05, 3.63) is 24.2 Å². The van der Waals surface area contributed by atoms with Gasteiger partial charge in [0.1, 0.15) is 5.76 Å². The van der Waals surface area contributed by atoms with Crippen molar-refractivity contribution >= 4 is 17.1 Å². The molecule has 1 heterocycles. The zero-order chi connectivity index (χ0) is 5.98. The van der Waals surface area contributed by atoms with Gasteiger partial charge in [0.25, 0.3) is 0 Å². The molecule has 1 nitrogen and oxygen atoms in total. The van der Waals surface area contributed by atoms with Gasteiger partial charge in [-0.3, -0.25) is 0 Å². The van der Waals surface area contributed by atoms with Gasteiger partial charge in [-0.05, 0) is 19.1 Å². The van der Waals surface area contributed by atoms with E-state index in [0.29, 0.717) is 0 Å². The minimum absolute atomic E-state index is 0.792. The van der Waals surface area contributed by atoms with Crippen molar-refractivity contribution in [1.29, 1.82) is 0 Å². The summed E-state index contributed by atoms with van der Waals surface area (Å²) in [6.45, 7) is 1.84. The highest BCUT2D eigenvalue weighted by Gasteiger charge is 1.93. The fraction of sp³-hybridized carbons (Fsp3) is 0.167. The molecule has 0 amide bonds. The van der Waals surface area contributed by atoms with Crippen molar-refractivity contribution < 1.29 is 4.42 Å². The number of thiocarbonyl (C=S) groups is 1. The predicted molar refractivity (Wildman–Crippen MR) is 36.1 cm³/mol. The molecule has 0 aliphatic carbocycles. The van der Waals surface area contributed by atoms with E-state index in [4.69, 9.17) is 16.6 Å². The van der Waals surface area contributed by atoms with Crippen LogP contribution in [0.2, 0.25) is 0 Å². The summed E-state index contributed by atoms with van der Waals surface area (Å²) in [5.74, 6) is 0.792. The van der Waals surface area contributed by atoms with Crippen LogP contribution in [0.1, 0.15) is 12.7 Å². The largest absolute Gasteiger partial charge is 0.464 e. The lowest BCUT2D eigenvalue weighted by molar-refractivity contribution is 0.559. The quantitative estimate of drug-likeness (QED) is 0.422. The Hall–Kier alpha value is -0.630. The van der Waals surface area contributed by atoms with Crippen molar-refractivity contribution in [2.45, 2.75) is 6.92 Å². The molecule has 1 aromatic rings. The van der Waals surface area contributed by atoms with E-state index in [1.54, 1.807) is 6.26 Å². The predicted octanol–water partition coefficient (Wildman–Crippen LogP) is 2.02. The second-order valence-electron chi connectivity index (χ2n) is 1.53. The molecule has 0 N–H and O–H groups in total. The van der Waals surface area contributed by atoms with E-state index in [0.717, 1.165) is 10.6 Å². The van der Waals surface area contributed by atoms with E-state index in [9.17, 15) is 0 Å². The Morgan fingerprint density at radius 3 is 2.75 bits per heavy atom. The van der Waals surface area contributed by atoms with Crippen LogP contribution in [0.25, 0.3) is 0 Å². The van der Waals surface area contributed by atoms with Gasteiger partial charge >= 0.3 is 0 Å².